The van der Waals surface area contributed by atoms with E-state index in [2.05, 4.69) is 4.74 Å². The number of allylic oxidation sites excluding steroid dienone is 1. The second kappa shape index (κ2) is 4.55. The molecule has 4 heteroatoms. The molecule has 0 fully saturated rings. The molecule has 0 spiro atoms. The summed E-state index contributed by atoms with van der Waals surface area (Å²) in [7, 11) is 0. The van der Waals surface area contributed by atoms with Gasteiger partial charge in [0.1, 0.15) is 0 Å². The van der Waals surface area contributed by atoms with Gasteiger partial charge in [-0.1, -0.05) is 6.08 Å². The second-order valence-corrected chi connectivity index (χ2v) is 1.57. The topological polar surface area (TPSA) is 69.4 Å². The van der Waals surface area contributed by atoms with Gasteiger partial charge in [0, 0.05) is 6.08 Å². The van der Waals surface area contributed by atoms with Gasteiger partial charge in [-0.25, -0.2) is 4.79 Å². The van der Waals surface area contributed by atoms with E-state index in [-0.39, 0.29) is 6.61 Å². The average molecular weight is 143 g/mol. The van der Waals surface area contributed by atoms with Crippen molar-refractivity contribution in [3.05, 3.63) is 12.2 Å². The Bertz CT molecular complexity index is 162. The lowest BCUT2D eigenvalue weighted by atomic mass is 10.5. The summed E-state index contributed by atoms with van der Waals surface area (Å²) in [4.78, 5) is 20.5. The Morgan fingerprint density at radius 3 is 2.60 bits per heavy atom. The van der Waals surface area contributed by atoms with Crippen LogP contribution in [0.15, 0.2) is 12.2 Å². The van der Waals surface area contributed by atoms with Gasteiger partial charge in [0.25, 0.3) is 5.91 Å². The maximum atomic E-state index is 10.4. The Hall–Kier alpha value is -1.32. The maximum absolute atomic E-state index is 10.4. The van der Waals surface area contributed by atoms with Crippen LogP contribution in [-0.2, 0) is 14.3 Å². The average Bonchev–Trinajstić information content (AvgIpc) is 1.85. The minimum absolute atomic E-state index is 0.358. The van der Waals surface area contributed by atoms with Crippen LogP contribution in [0.1, 0.15) is 6.92 Å². The summed E-state index contributed by atoms with van der Waals surface area (Å²) in [6, 6.07) is 0. The van der Waals surface area contributed by atoms with Gasteiger partial charge in [0.2, 0.25) is 0 Å². The number of ether oxygens (including phenoxy) is 1. The summed E-state index contributed by atoms with van der Waals surface area (Å²) in [6.45, 7) is 1.31. The third-order valence-electron chi connectivity index (χ3n) is 0.659. The summed E-state index contributed by atoms with van der Waals surface area (Å²) in [5, 5.41) is 0. The molecule has 0 heterocycles. The Balaban J connectivity index is 3.50. The highest BCUT2D eigenvalue weighted by Crippen LogP contribution is 1.79. The van der Waals surface area contributed by atoms with Gasteiger partial charge >= 0.3 is 5.97 Å². The van der Waals surface area contributed by atoms with E-state index < -0.39 is 11.9 Å². The van der Waals surface area contributed by atoms with Crippen LogP contribution in [-0.4, -0.2) is 18.5 Å². The lowest BCUT2D eigenvalue weighted by molar-refractivity contribution is -0.142. The molecule has 0 aliphatic rings. The van der Waals surface area contributed by atoms with Gasteiger partial charge in [-0.15, -0.1) is 0 Å². The van der Waals surface area contributed by atoms with Gasteiger partial charge in [-0.05, 0) is 6.92 Å². The zero-order valence-electron chi connectivity index (χ0n) is 5.66. The third kappa shape index (κ3) is 4.83. The molecule has 0 saturated heterocycles. The van der Waals surface area contributed by atoms with Gasteiger partial charge in [-0.3, -0.25) is 4.79 Å². The van der Waals surface area contributed by atoms with Gasteiger partial charge in [0.05, 0.1) is 0 Å². The molecule has 56 valence electrons. The monoisotopic (exact) mass is 143 g/mol. The first-order chi connectivity index (χ1) is 4.66. The molecule has 0 bridgehead atoms. The highest BCUT2D eigenvalue weighted by atomic mass is 16.5. The molecular weight excluding hydrogens is 134 g/mol. The molecule has 0 aromatic heterocycles. The fourth-order valence-corrected chi connectivity index (χ4v) is 0.326. The van der Waals surface area contributed by atoms with Crippen molar-refractivity contribution >= 4 is 11.9 Å². The Kier molecular flexibility index (Phi) is 3.95. The van der Waals surface area contributed by atoms with E-state index in [9.17, 15) is 9.59 Å². The molecule has 10 heavy (non-hydrogen) atoms. The molecule has 0 saturated carbocycles. The van der Waals surface area contributed by atoms with E-state index in [0.717, 1.165) is 0 Å². The second-order valence-electron chi connectivity index (χ2n) is 1.57. The Labute approximate surface area is 58.7 Å². The summed E-state index contributed by atoms with van der Waals surface area (Å²) < 4.78 is 4.34. The van der Waals surface area contributed by atoms with Crippen molar-refractivity contribution in [1.29, 1.82) is 0 Å². The van der Waals surface area contributed by atoms with Crippen LogP contribution < -0.4 is 5.73 Å². The lowest BCUT2D eigenvalue weighted by Gasteiger charge is -1.94. The minimum Gasteiger partial charge on any atom is -0.452 e. The summed E-state index contributed by atoms with van der Waals surface area (Å²) >= 11 is 0. The number of carbonyl (C=O) groups excluding carboxylic acids is 2. The van der Waals surface area contributed by atoms with Crippen LogP contribution in [0.5, 0.6) is 0 Å². The smallest absolute Gasteiger partial charge is 0.330 e. The summed E-state index contributed by atoms with van der Waals surface area (Å²) in [6.07, 6.45) is 2.73. The standard InChI is InChI=1S/C6H9NO3/c1-2-3-6(9)10-4-5(7)8/h2-3H,4H2,1H3,(H2,7,8). The zero-order chi connectivity index (χ0) is 7.98. The van der Waals surface area contributed by atoms with Crippen molar-refractivity contribution in [1.82, 2.24) is 0 Å². The highest BCUT2D eigenvalue weighted by molar-refractivity contribution is 5.85. The van der Waals surface area contributed by atoms with Crippen molar-refractivity contribution in [2.24, 2.45) is 5.73 Å². The predicted molar refractivity (Wildman–Crippen MR) is 35.0 cm³/mol. The van der Waals surface area contributed by atoms with Crippen LogP contribution in [0.25, 0.3) is 0 Å². The van der Waals surface area contributed by atoms with E-state index in [0.29, 0.717) is 0 Å². The Morgan fingerprint density at radius 2 is 2.20 bits per heavy atom. The van der Waals surface area contributed by atoms with Crippen LogP contribution >= 0.6 is 0 Å². The molecule has 1 amide bonds. The van der Waals surface area contributed by atoms with Crippen LogP contribution in [0.2, 0.25) is 0 Å². The van der Waals surface area contributed by atoms with Crippen molar-refractivity contribution in [3.8, 4) is 0 Å². The number of esters is 1. The van der Waals surface area contributed by atoms with E-state index in [1.807, 2.05) is 0 Å². The summed E-state index contributed by atoms with van der Waals surface area (Å²) in [5.74, 6) is -1.21. The van der Waals surface area contributed by atoms with Crippen molar-refractivity contribution in [2.75, 3.05) is 6.61 Å². The van der Waals surface area contributed by atoms with E-state index in [1.54, 1.807) is 6.92 Å². The van der Waals surface area contributed by atoms with Gasteiger partial charge in [0.15, 0.2) is 6.61 Å². The largest absolute Gasteiger partial charge is 0.452 e. The van der Waals surface area contributed by atoms with Gasteiger partial charge < -0.3 is 10.5 Å². The third-order valence-corrected chi connectivity index (χ3v) is 0.659. The first-order valence-electron chi connectivity index (χ1n) is 2.74. The molecule has 0 unspecified atom stereocenters. The number of carbonyl (C=O) groups is 2. The first-order valence-corrected chi connectivity index (χ1v) is 2.74. The van der Waals surface area contributed by atoms with Crippen molar-refractivity contribution < 1.29 is 14.3 Å². The highest BCUT2D eigenvalue weighted by Gasteiger charge is 1.97. The van der Waals surface area contributed by atoms with E-state index in [4.69, 9.17) is 5.73 Å². The first kappa shape index (κ1) is 8.68. The molecule has 0 radical (unpaired) electrons. The molecule has 0 aromatic rings. The molecular formula is C6H9NO3. The zero-order valence-corrected chi connectivity index (χ0v) is 5.66. The summed E-state index contributed by atoms with van der Waals surface area (Å²) in [5.41, 5.74) is 4.70. The lowest BCUT2D eigenvalue weighted by Crippen LogP contribution is -2.19. The number of nitrogens with two attached hydrogens (primary N) is 1. The molecule has 0 aromatic carbocycles. The number of hydrogen-bond donors (Lipinski definition) is 1. The minimum atomic E-state index is -0.655. The normalized spacial score (nSPS) is 9.70. The molecule has 0 rings (SSSR count). The van der Waals surface area contributed by atoms with Crippen LogP contribution in [0.3, 0.4) is 0 Å². The number of hydrogen-bond acceptors (Lipinski definition) is 3. The van der Waals surface area contributed by atoms with E-state index in [1.165, 1.54) is 12.2 Å². The molecule has 2 N–H and O–H groups in total. The van der Waals surface area contributed by atoms with Gasteiger partial charge in [-0.2, -0.15) is 0 Å². The fraction of sp³-hybridized carbons (Fsp3) is 0.333. The van der Waals surface area contributed by atoms with E-state index >= 15 is 0 Å². The molecule has 4 nitrogen and oxygen atoms in total. The maximum Gasteiger partial charge on any atom is 0.330 e. The van der Waals surface area contributed by atoms with Crippen LogP contribution in [0, 0.1) is 0 Å². The number of rotatable bonds is 3. The van der Waals surface area contributed by atoms with Crippen molar-refractivity contribution in [3.63, 3.8) is 0 Å². The SMILES string of the molecule is CC=CC(=O)OCC(N)=O. The molecule has 0 aliphatic carbocycles. The Morgan fingerprint density at radius 1 is 1.60 bits per heavy atom. The molecule has 0 atom stereocenters. The quantitative estimate of drug-likeness (QED) is 0.431. The van der Waals surface area contributed by atoms with Crippen molar-refractivity contribution in [2.45, 2.75) is 6.92 Å². The van der Waals surface area contributed by atoms with Crippen LogP contribution in [0.4, 0.5) is 0 Å². The predicted octanol–water partition coefficient (Wildman–Crippen LogP) is -0.409. The molecule has 0 aliphatic heterocycles. The number of primary amides is 1. The number of amides is 1. The fourth-order valence-electron chi connectivity index (χ4n) is 0.326.